The first-order valence-corrected chi connectivity index (χ1v) is 4.96. The van der Waals surface area contributed by atoms with Crippen LogP contribution in [0.3, 0.4) is 0 Å². The Bertz CT molecular complexity index is 336. The Morgan fingerprint density at radius 1 is 1.44 bits per heavy atom. The van der Waals surface area contributed by atoms with Crippen molar-refractivity contribution in [1.82, 2.24) is 4.90 Å². The molecular weight excluding hydrogens is 212 g/mol. The van der Waals surface area contributed by atoms with Crippen LogP contribution in [0.15, 0.2) is 5.16 Å². The number of rotatable bonds is 4. The van der Waals surface area contributed by atoms with Gasteiger partial charge in [-0.3, -0.25) is 9.59 Å². The Kier molecular flexibility index (Phi) is 3.36. The molecule has 16 heavy (non-hydrogen) atoms. The maximum absolute atomic E-state index is 12.0. The molecule has 1 aliphatic rings. The normalized spacial score (nSPS) is 18.7. The number of nitrogens with zero attached hydrogens (tertiary/aromatic N) is 2. The zero-order valence-corrected chi connectivity index (χ0v) is 9.14. The third kappa shape index (κ3) is 1.93. The Morgan fingerprint density at radius 3 is 2.31 bits per heavy atom. The molecule has 0 saturated heterocycles. The Hall–Kier alpha value is -1.79. The summed E-state index contributed by atoms with van der Waals surface area (Å²) in [6.45, 7) is -0.167. The largest absolute Gasteiger partial charge is 0.409 e. The number of nitrogens with two attached hydrogens (primary N) is 2. The van der Waals surface area contributed by atoms with Gasteiger partial charge in [0.2, 0.25) is 11.8 Å². The van der Waals surface area contributed by atoms with Crippen LogP contribution in [0.25, 0.3) is 0 Å². The minimum Gasteiger partial charge on any atom is -0.409 e. The highest BCUT2D eigenvalue weighted by Gasteiger charge is 2.49. The molecule has 0 unspecified atom stereocenters. The highest BCUT2D eigenvalue weighted by Crippen LogP contribution is 2.42. The van der Waals surface area contributed by atoms with Crippen LogP contribution < -0.4 is 11.5 Å². The van der Waals surface area contributed by atoms with Gasteiger partial charge in [0.15, 0.2) is 5.84 Å². The molecule has 0 heterocycles. The molecule has 0 aromatic carbocycles. The van der Waals surface area contributed by atoms with Gasteiger partial charge in [-0.15, -0.1) is 0 Å². The number of hydrogen-bond donors (Lipinski definition) is 3. The molecule has 7 heteroatoms. The second-order valence-electron chi connectivity index (χ2n) is 4.05. The second-order valence-corrected chi connectivity index (χ2v) is 4.05. The lowest BCUT2D eigenvalue weighted by Gasteiger charge is -2.41. The van der Waals surface area contributed by atoms with Crippen LogP contribution in [0.1, 0.15) is 19.3 Å². The number of oxime groups is 1. The van der Waals surface area contributed by atoms with E-state index in [4.69, 9.17) is 16.7 Å². The van der Waals surface area contributed by atoms with Crippen molar-refractivity contribution in [3.63, 3.8) is 0 Å². The van der Waals surface area contributed by atoms with Crippen molar-refractivity contribution in [2.24, 2.45) is 22.0 Å². The summed E-state index contributed by atoms with van der Waals surface area (Å²) < 4.78 is 0. The number of likely N-dealkylation sites (N-methyl/N-ethyl adjacent to an activating group) is 1. The van der Waals surface area contributed by atoms with E-state index in [0.717, 1.165) is 6.42 Å². The van der Waals surface area contributed by atoms with Crippen molar-refractivity contribution in [2.45, 2.75) is 19.3 Å². The van der Waals surface area contributed by atoms with Gasteiger partial charge in [-0.1, -0.05) is 11.6 Å². The van der Waals surface area contributed by atoms with Gasteiger partial charge >= 0.3 is 0 Å². The number of primary amides is 1. The van der Waals surface area contributed by atoms with Gasteiger partial charge in [0.25, 0.3) is 0 Å². The SMILES string of the molecule is CN(CC(N)=O)C(=O)C1(C(N)=NO)CCC1. The third-order valence-electron chi connectivity index (χ3n) is 2.95. The second kappa shape index (κ2) is 4.38. The topological polar surface area (TPSA) is 122 Å². The van der Waals surface area contributed by atoms with E-state index in [-0.39, 0.29) is 18.3 Å². The lowest BCUT2D eigenvalue weighted by Crippen LogP contribution is -2.55. The van der Waals surface area contributed by atoms with Crippen LogP contribution in [0, 0.1) is 5.41 Å². The Balaban J connectivity index is 2.81. The standard InChI is InChI=1S/C9H16N4O3/c1-13(5-6(10)14)8(15)9(3-2-4-9)7(11)12-16/h16H,2-5H2,1H3,(H2,10,14)(H2,11,12). The molecule has 0 aromatic heterocycles. The molecule has 0 radical (unpaired) electrons. The number of amides is 2. The molecule has 1 aliphatic carbocycles. The van der Waals surface area contributed by atoms with E-state index in [1.807, 2.05) is 0 Å². The van der Waals surface area contributed by atoms with Crippen LogP contribution >= 0.6 is 0 Å². The quantitative estimate of drug-likeness (QED) is 0.243. The fourth-order valence-electron chi connectivity index (χ4n) is 1.88. The lowest BCUT2D eigenvalue weighted by molar-refractivity contribution is -0.143. The van der Waals surface area contributed by atoms with E-state index in [2.05, 4.69) is 5.16 Å². The molecule has 2 amide bonds. The molecule has 90 valence electrons. The average Bonchev–Trinajstić information content (AvgIpc) is 2.14. The number of amidine groups is 1. The zero-order chi connectivity index (χ0) is 12.3. The van der Waals surface area contributed by atoms with Crippen LogP contribution in [0.4, 0.5) is 0 Å². The highest BCUT2D eigenvalue weighted by molar-refractivity contribution is 6.08. The number of carbonyl (C=O) groups is 2. The molecule has 5 N–H and O–H groups in total. The summed E-state index contributed by atoms with van der Waals surface area (Å²) >= 11 is 0. The Labute approximate surface area is 93.1 Å². The highest BCUT2D eigenvalue weighted by atomic mass is 16.4. The predicted molar refractivity (Wildman–Crippen MR) is 56.5 cm³/mol. The summed E-state index contributed by atoms with van der Waals surface area (Å²) in [7, 11) is 1.47. The molecule has 0 aliphatic heterocycles. The van der Waals surface area contributed by atoms with Gasteiger partial charge in [0.1, 0.15) is 5.41 Å². The van der Waals surface area contributed by atoms with E-state index >= 15 is 0 Å². The van der Waals surface area contributed by atoms with E-state index in [1.54, 1.807) is 0 Å². The molecule has 0 spiro atoms. The van der Waals surface area contributed by atoms with Gasteiger partial charge in [0.05, 0.1) is 6.54 Å². The van der Waals surface area contributed by atoms with Gasteiger partial charge in [-0.25, -0.2) is 0 Å². The molecule has 7 nitrogen and oxygen atoms in total. The van der Waals surface area contributed by atoms with Crippen molar-refractivity contribution in [3.05, 3.63) is 0 Å². The summed E-state index contributed by atoms with van der Waals surface area (Å²) in [5.41, 5.74) is 9.57. The molecule has 1 rings (SSSR count). The minimum atomic E-state index is -0.945. The van der Waals surface area contributed by atoms with Crippen molar-refractivity contribution in [2.75, 3.05) is 13.6 Å². The van der Waals surface area contributed by atoms with Crippen molar-refractivity contribution in [3.8, 4) is 0 Å². The van der Waals surface area contributed by atoms with E-state index in [1.165, 1.54) is 11.9 Å². The van der Waals surface area contributed by atoms with Gasteiger partial charge in [-0.2, -0.15) is 0 Å². The molecule has 1 fully saturated rings. The molecule has 0 bridgehead atoms. The average molecular weight is 228 g/mol. The molecular formula is C9H16N4O3. The summed E-state index contributed by atoms with van der Waals surface area (Å²) in [4.78, 5) is 23.9. The fraction of sp³-hybridized carbons (Fsp3) is 0.667. The maximum atomic E-state index is 12.0. The van der Waals surface area contributed by atoms with E-state index < -0.39 is 11.3 Å². The fourth-order valence-corrected chi connectivity index (χ4v) is 1.88. The van der Waals surface area contributed by atoms with Crippen molar-refractivity contribution >= 4 is 17.6 Å². The van der Waals surface area contributed by atoms with E-state index in [0.29, 0.717) is 12.8 Å². The molecule has 0 aromatic rings. The first-order valence-electron chi connectivity index (χ1n) is 4.96. The minimum absolute atomic E-state index is 0.0972. The summed E-state index contributed by atoms with van der Waals surface area (Å²) in [5, 5.41) is 11.5. The van der Waals surface area contributed by atoms with Crippen molar-refractivity contribution < 1.29 is 14.8 Å². The third-order valence-corrected chi connectivity index (χ3v) is 2.95. The summed E-state index contributed by atoms with van der Waals surface area (Å²) in [6, 6.07) is 0. The predicted octanol–water partition coefficient (Wildman–Crippen LogP) is -1.15. The van der Waals surface area contributed by atoms with Gasteiger partial charge in [-0.05, 0) is 12.8 Å². The maximum Gasteiger partial charge on any atom is 0.237 e. The smallest absolute Gasteiger partial charge is 0.237 e. The van der Waals surface area contributed by atoms with E-state index in [9.17, 15) is 9.59 Å². The number of carbonyl (C=O) groups excluding carboxylic acids is 2. The zero-order valence-electron chi connectivity index (χ0n) is 9.14. The number of hydrogen-bond acceptors (Lipinski definition) is 4. The summed E-state index contributed by atoms with van der Waals surface area (Å²) in [5.74, 6) is -1.02. The summed E-state index contributed by atoms with van der Waals surface area (Å²) in [6.07, 6.45) is 1.90. The van der Waals surface area contributed by atoms with Crippen LogP contribution in [-0.2, 0) is 9.59 Å². The van der Waals surface area contributed by atoms with Gasteiger partial charge in [0, 0.05) is 7.05 Å². The van der Waals surface area contributed by atoms with Crippen molar-refractivity contribution in [1.29, 1.82) is 0 Å². The van der Waals surface area contributed by atoms with Crippen LogP contribution in [0.2, 0.25) is 0 Å². The first kappa shape index (κ1) is 12.3. The monoisotopic (exact) mass is 228 g/mol. The van der Waals surface area contributed by atoms with Crippen LogP contribution in [-0.4, -0.2) is 41.3 Å². The lowest BCUT2D eigenvalue weighted by atomic mass is 9.67. The molecule has 1 saturated carbocycles. The Morgan fingerprint density at radius 2 is 2.00 bits per heavy atom. The van der Waals surface area contributed by atoms with Crippen LogP contribution in [0.5, 0.6) is 0 Å². The first-order chi connectivity index (χ1) is 7.44. The molecule has 0 atom stereocenters. The van der Waals surface area contributed by atoms with Gasteiger partial charge < -0.3 is 21.6 Å².